The number of fused-ring (bicyclic) bond motifs is 1. The molecule has 1 aromatic carbocycles. The minimum absolute atomic E-state index is 0.207. The SMILES string of the molecule is COc1cc2sccc2cc1C(=O)O. The quantitative estimate of drug-likeness (QED) is 0.825. The number of hydrogen-bond acceptors (Lipinski definition) is 3. The summed E-state index contributed by atoms with van der Waals surface area (Å²) in [4.78, 5) is 10.9. The largest absolute Gasteiger partial charge is 0.496 e. The monoisotopic (exact) mass is 208 g/mol. The van der Waals surface area contributed by atoms with Crippen LogP contribution in [0.4, 0.5) is 0 Å². The van der Waals surface area contributed by atoms with E-state index in [2.05, 4.69) is 0 Å². The van der Waals surface area contributed by atoms with E-state index in [9.17, 15) is 4.79 Å². The fourth-order valence-electron chi connectivity index (χ4n) is 1.33. The number of carbonyl (C=O) groups is 1. The Bertz CT molecular complexity index is 487. The third-order valence-electron chi connectivity index (χ3n) is 2.00. The summed E-state index contributed by atoms with van der Waals surface area (Å²) in [5.41, 5.74) is 0.207. The predicted octanol–water partition coefficient (Wildman–Crippen LogP) is 2.61. The fraction of sp³-hybridized carbons (Fsp3) is 0.100. The van der Waals surface area contributed by atoms with Gasteiger partial charge in [0.25, 0.3) is 0 Å². The molecule has 2 rings (SSSR count). The molecule has 4 heteroatoms. The molecule has 0 atom stereocenters. The molecule has 0 aliphatic carbocycles. The predicted molar refractivity (Wildman–Crippen MR) is 55.3 cm³/mol. The molecule has 0 amide bonds. The first kappa shape index (κ1) is 9.02. The highest BCUT2D eigenvalue weighted by atomic mass is 32.1. The molecule has 0 saturated carbocycles. The molecule has 14 heavy (non-hydrogen) atoms. The molecule has 0 aliphatic rings. The van der Waals surface area contributed by atoms with Gasteiger partial charge in [-0.1, -0.05) is 0 Å². The van der Waals surface area contributed by atoms with Crippen molar-refractivity contribution in [1.29, 1.82) is 0 Å². The van der Waals surface area contributed by atoms with Crippen molar-refractivity contribution in [3.05, 3.63) is 29.1 Å². The second-order valence-electron chi connectivity index (χ2n) is 2.82. The standard InChI is InChI=1S/C10H8O3S/c1-13-8-5-9-6(2-3-14-9)4-7(8)10(11)12/h2-5H,1H3,(H,11,12). The van der Waals surface area contributed by atoms with Gasteiger partial charge < -0.3 is 9.84 Å². The molecule has 0 saturated heterocycles. The summed E-state index contributed by atoms with van der Waals surface area (Å²) in [6.45, 7) is 0. The van der Waals surface area contributed by atoms with Crippen LogP contribution in [0, 0.1) is 0 Å². The molecular weight excluding hydrogens is 200 g/mol. The molecule has 1 N–H and O–H groups in total. The fourth-order valence-corrected chi connectivity index (χ4v) is 2.13. The number of thiophene rings is 1. The van der Waals surface area contributed by atoms with E-state index < -0.39 is 5.97 Å². The maximum atomic E-state index is 10.9. The first-order valence-electron chi connectivity index (χ1n) is 4.01. The molecule has 3 nitrogen and oxygen atoms in total. The van der Waals surface area contributed by atoms with Crippen LogP contribution >= 0.6 is 11.3 Å². The van der Waals surface area contributed by atoms with Crippen molar-refractivity contribution in [1.82, 2.24) is 0 Å². The summed E-state index contributed by atoms with van der Waals surface area (Å²) in [6, 6.07) is 5.28. The highest BCUT2D eigenvalue weighted by Crippen LogP contribution is 2.29. The van der Waals surface area contributed by atoms with E-state index in [1.165, 1.54) is 7.11 Å². The number of hydrogen-bond donors (Lipinski definition) is 1. The van der Waals surface area contributed by atoms with Crippen molar-refractivity contribution < 1.29 is 14.6 Å². The number of benzene rings is 1. The Balaban J connectivity index is 2.72. The molecular formula is C10H8O3S. The van der Waals surface area contributed by atoms with Gasteiger partial charge in [-0.2, -0.15) is 0 Å². The van der Waals surface area contributed by atoms with Crippen LogP contribution in [0.2, 0.25) is 0 Å². The molecule has 1 heterocycles. The molecule has 0 radical (unpaired) electrons. The van der Waals surface area contributed by atoms with Gasteiger partial charge >= 0.3 is 5.97 Å². The average molecular weight is 208 g/mol. The lowest BCUT2D eigenvalue weighted by Gasteiger charge is -2.04. The third-order valence-corrected chi connectivity index (χ3v) is 2.88. The van der Waals surface area contributed by atoms with Crippen molar-refractivity contribution in [3.8, 4) is 5.75 Å². The molecule has 1 aromatic heterocycles. The van der Waals surface area contributed by atoms with Crippen molar-refractivity contribution in [2.75, 3.05) is 7.11 Å². The number of carboxylic acid groups (broad SMARTS) is 1. The van der Waals surface area contributed by atoms with Gasteiger partial charge in [-0.15, -0.1) is 11.3 Å². The van der Waals surface area contributed by atoms with E-state index in [0.717, 1.165) is 10.1 Å². The Hall–Kier alpha value is -1.55. The second kappa shape index (κ2) is 3.31. The zero-order chi connectivity index (χ0) is 10.1. The van der Waals surface area contributed by atoms with Crippen LogP contribution < -0.4 is 4.74 Å². The Kier molecular flexibility index (Phi) is 2.13. The van der Waals surface area contributed by atoms with E-state index >= 15 is 0 Å². The van der Waals surface area contributed by atoms with E-state index in [1.54, 1.807) is 23.5 Å². The number of ether oxygens (including phenoxy) is 1. The third kappa shape index (κ3) is 1.33. The van der Waals surface area contributed by atoms with Crippen molar-refractivity contribution in [2.24, 2.45) is 0 Å². The summed E-state index contributed by atoms with van der Waals surface area (Å²) in [5, 5.41) is 11.8. The van der Waals surface area contributed by atoms with Crippen LogP contribution in [0.25, 0.3) is 10.1 Å². The number of methoxy groups -OCH3 is 1. The number of rotatable bonds is 2. The van der Waals surface area contributed by atoms with E-state index in [-0.39, 0.29) is 5.56 Å². The van der Waals surface area contributed by atoms with Crippen LogP contribution in [-0.2, 0) is 0 Å². The van der Waals surface area contributed by atoms with Crippen LogP contribution in [0.15, 0.2) is 23.6 Å². The van der Waals surface area contributed by atoms with Crippen LogP contribution in [0.3, 0.4) is 0 Å². The highest BCUT2D eigenvalue weighted by molar-refractivity contribution is 7.17. The van der Waals surface area contributed by atoms with Gasteiger partial charge in [0.2, 0.25) is 0 Å². The zero-order valence-electron chi connectivity index (χ0n) is 7.48. The first-order valence-corrected chi connectivity index (χ1v) is 4.89. The van der Waals surface area contributed by atoms with Crippen molar-refractivity contribution in [2.45, 2.75) is 0 Å². The molecule has 0 unspecified atom stereocenters. The molecule has 2 aromatic rings. The Morgan fingerprint density at radius 2 is 2.29 bits per heavy atom. The normalized spacial score (nSPS) is 10.4. The van der Waals surface area contributed by atoms with Gasteiger partial charge in [0.15, 0.2) is 0 Å². The molecule has 0 spiro atoms. The second-order valence-corrected chi connectivity index (χ2v) is 3.76. The smallest absolute Gasteiger partial charge is 0.339 e. The maximum absolute atomic E-state index is 10.9. The summed E-state index contributed by atoms with van der Waals surface area (Å²) < 4.78 is 6.04. The maximum Gasteiger partial charge on any atom is 0.339 e. The molecule has 0 aliphatic heterocycles. The Morgan fingerprint density at radius 1 is 1.50 bits per heavy atom. The first-order chi connectivity index (χ1) is 6.72. The lowest BCUT2D eigenvalue weighted by atomic mass is 10.1. The van der Waals surface area contributed by atoms with Crippen LogP contribution in [-0.4, -0.2) is 18.2 Å². The summed E-state index contributed by atoms with van der Waals surface area (Å²) in [7, 11) is 1.47. The van der Waals surface area contributed by atoms with Gasteiger partial charge in [0.1, 0.15) is 11.3 Å². The zero-order valence-corrected chi connectivity index (χ0v) is 8.30. The van der Waals surface area contributed by atoms with Gasteiger partial charge in [0, 0.05) is 4.70 Å². The summed E-state index contributed by atoms with van der Waals surface area (Å²) in [6.07, 6.45) is 0. The van der Waals surface area contributed by atoms with Crippen LogP contribution in [0.1, 0.15) is 10.4 Å². The van der Waals surface area contributed by atoms with Crippen LogP contribution in [0.5, 0.6) is 5.75 Å². The van der Waals surface area contributed by atoms with E-state index in [4.69, 9.17) is 9.84 Å². The lowest BCUT2D eigenvalue weighted by Crippen LogP contribution is -1.99. The Morgan fingerprint density at radius 3 is 2.93 bits per heavy atom. The van der Waals surface area contributed by atoms with Gasteiger partial charge in [-0.3, -0.25) is 0 Å². The van der Waals surface area contributed by atoms with E-state index in [1.807, 2.05) is 11.4 Å². The van der Waals surface area contributed by atoms with Crippen molar-refractivity contribution >= 4 is 27.4 Å². The lowest BCUT2D eigenvalue weighted by molar-refractivity contribution is 0.0693. The molecule has 0 bridgehead atoms. The highest BCUT2D eigenvalue weighted by Gasteiger charge is 2.12. The van der Waals surface area contributed by atoms with Gasteiger partial charge in [-0.25, -0.2) is 4.79 Å². The molecule has 0 fully saturated rings. The number of carboxylic acids is 1. The number of aromatic carboxylic acids is 1. The minimum Gasteiger partial charge on any atom is -0.496 e. The van der Waals surface area contributed by atoms with Gasteiger partial charge in [-0.05, 0) is 29.0 Å². The summed E-state index contributed by atoms with van der Waals surface area (Å²) in [5.74, 6) is -0.553. The average Bonchev–Trinajstić information content (AvgIpc) is 2.62. The van der Waals surface area contributed by atoms with Crippen molar-refractivity contribution in [3.63, 3.8) is 0 Å². The van der Waals surface area contributed by atoms with E-state index in [0.29, 0.717) is 5.75 Å². The minimum atomic E-state index is -0.963. The molecule has 72 valence electrons. The van der Waals surface area contributed by atoms with Gasteiger partial charge in [0.05, 0.1) is 7.11 Å². The Labute approximate surface area is 84.6 Å². The summed E-state index contributed by atoms with van der Waals surface area (Å²) >= 11 is 1.56. The topological polar surface area (TPSA) is 46.5 Å².